The standard InChI is InChI=1S/C27H20N6O3S/c1-16(34)28-18-10-12-19(13-11-18)32-30-26(21-7-4-8-22-25(21)36-15-35-22)31-33(32)27-29-24-20-6-3-2-5-17(20)9-14-23(24)37-27/h2-14H,15H2,1H3,(H,28,34)(H,30,31). The predicted molar refractivity (Wildman–Crippen MR) is 145 cm³/mol. The highest BCUT2D eigenvalue weighted by atomic mass is 32.1. The Balaban J connectivity index is 1.33. The molecule has 2 aliphatic heterocycles. The minimum Gasteiger partial charge on any atom is -0.454 e. The lowest BCUT2D eigenvalue weighted by Gasteiger charge is -2.25. The Morgan fingerprint density at radius 2 is 1.86 bits per heavy atom. The first-order valence-corrected chi connectivity index (χ1v) is 12.5. The fourth-order valence-electron chi connectivity index (χ4n) is 4.46. The van der Waals surface area contributed by atoms with Crippen LogP contribution in [-0.2, 0) is 4.79 Å². The number of thiazole rings is 1. The summed E-state index contributed by atoms with van der Waals surface area (Å²) in [6, 6.07) is 25.6. The fourth-order valence-corrected chi connectivity index (χ4v) is 5.40. The summed E-state index contributed by atoms with van der Waals surface area (Å²) in [4.78, 5) is 16.5. The van der Waals surface area contributed by atoms with Gasteiger partial charge in [-0.15, -0.1) is 15.3 Å². The number of hydrogen-bond donors (Lipinski definition) is 2. The van der Waals surface area contributed by atoms with E-state index in [4.69, 9.17) is 19.6 Å². The lowest BCUT2D eigenvalue weighted by Crippen LogP contribution is -2.44. The third-order valence-corrected chi connectivity index (χ3v) is 7.12. The molecule has 0 fully saturated rings. The quantitative estimate of drug-likeness (QED) is 0.343. The molecule has 0 bridgehead atoms. The van der Waals surface area contributed by atoms with Gasteiger partial charge in [-0.2, -0.15) is 0 Å². The van der Waals surface area contributed by atoms with Crippen molar-refractivity contribution in [3.05, 3.63) is 84.4 Å². The lowest BCUT2D eigenvalue weighted by molar-refractivity contribution is -0.114. The highest BCUT2D eigenvalue weighted by molar-refractivity contribution is 7.22. The van der Waals surface area contributed by atoms with E-state index in [-0.39, 0.29) is 12.7 Å². The van der Waals surface area contributed by atoms with E-state index in [1.165, 1.54) is 6.92 Å². The summed E-state index contributed by atoms with van der Waals surface area (Å²) in [5.74, 6) is 1.79. The molecule has 0 aliphatic carbocycles. The van der Waals surface area contributed by atoms with Gasteiger partial charge in [0.1, 0.15) is 0 Å². The minimum atomic E-state index is -0.126. The number of carbonyl (C=O) groups is 1. The van der Waals surface area contributed by atoms with Crippen LogP contribution >= 0.6 is 11.3 Å². The molecule has 0 atom stereocenters. The first kappa shape index (κ1) is 21.5. The second kappa shape index (κ2) is 8.38. The van der Waals surface area contributed by atoms with Gasteiger partial charge in [0, 0.05) is 18.0 Å². The second-order valence-corrected chi connectivity index (χ2v) is 9.57. The molecule has 182 valence electrons. The number of anilines is 3. The summed E-state index contributed by atoms with van der Waals surface area (Å²) in [5, 5.41) is 14.2. The maximum absolute atomic E-state index is 11.5. The smallest absolute Gasteiger partial charge is 0.231 e. The maximum atomic E-state index is 11.5. The summed E-state index contributed by atoms with van der Waals surface area (Å²) in [7, 11) is 0. The van der Waals surface area contributed by atoms with Crippen molar-refractivity contribution in [1.29, 1.82) is 0 Å². The number of carbonyl (C=O) groups excluding carboxylic acids is 1. The van der Waals surface area contributed by atoms with Gasteiger partial charge in [-0.05, 0) is 47.9 Å². The number of para-hydroxylation sites is 1. The second-order valence-electron chi connectivity index (χ2n) is 8.56. The Morgan fingerprint density at radius 1 is 1.00 bits per heavy atom. The summed E-state index contributed by atoms with van der Waals surface area (Å²) in [5.41, 5.74) is 6.62. The number of hydrazine groups is 2. The number of hydrogen-bond acceptors (Lipinski definition) is 9. The zero-order valence-corrected chi connectivity index (χ0v) is 20.5. The molecule has 1 aromatic heterocycles. The van der Waals surface area contributed by atoms with Gasteiger partial charge in [-0.3, -0.25) is 10.2 Å². The lowest BCUT2D eigenvalue weighted by atomic mass is 10.1. The van der Waals surface area contributed by atoms with Crippen LogP contribution in [0.4, 0.5) is 16.5 Å². The van der Waals surface area contributed by atoms with Crippen LogP contribution in [0.1, 0.15) is 12.5 Å². The highest BCUT2D eigenvalue weighted by Crippen LogP contribution is 2.39. The number of amides is 1. The van der Waals surface area contributed by atoms with Crippen molar-refractivity contribution in [2.45, 2.75) is 6.92 Å². The minimum absolute atomic E-state index is 0.126. The number of nitrogens with one attached hydrogen (secondary N) is 2. The van der Waals surface area contributed by atoms with Crippen molar-refractivity contribution >= 4 is 60.6 Å². The van der Waals surface area contributed by atoms with Crippen molar-refractivity contribution < 1.29 is 14.3 Å². The van der Waals surface area contributed by atoms with Gasteiger partial charge < -0.3 is 14.8 Å². The Kier molecular flexibility index (Phi) is 4.86. The molecule has 0 saturated carbocycles. The Labute approximate surface area is 215 Å². The van der Waals surface area contributed by atoms with E-state index >= 15 is 0 Å². The normalized spacial score (nSPS) is 14.2. The summed E-state index contributed by atoms with van der Waals surface area (Å²) >= 11 is 1.57. The molecule has 4 aromatic carbocycles. The number of benzene rings is 4. The van der Waals surface area contributed by atoms with Crippen LogP contribution in [0.5, 0.6) is 11.5 Å². The fraction of sp³-hybridized carbons (Fsp3) is 0.0741. The topological polar surface area (TPSA) is 91.3 Å². The summed E-state index contributed by atoms with van der Waals surface area (Å²) in [6.07, 6.45) is 0. The van der Waals surface area contributed by atoms with Crippen LogP contribution < -0.4 is 30.5 Å². The van der Waals surface area contributed by atoms with E-state index in [1.807, 2.05) is 59.7 Å². The van der Waals surface area contributed by atoms with Gasteiger partial charge in [0.05, 0.1) is 21.5 Å². The third-order valence-electron chi connectivity index (χ3n) is 6.12. The first-order chi connectivity index (χ1) is 18.1. The molecule has 37 heavy (non-hydrogen) atoms. The number of hydrazone groups is 1. The molecule has 2 aliphatic rings. The van der Waals surface area contributed by atoms with E-state index in [1.54, 1.807) is 16.5 Å². The number of amidine groups is 1. The molecular weight excluding hydrogens is 488 g/mol. The van der Waals surface area contributed by atoms with E-state index in [2.05, 4.69) is 35.0 Å². The van der Waals surface area contributed by atoms with Crippen LogP contribution in [0.3, 0.4) is 0 Å². The molecule has 10 heteroatoms. The van der Waals surface area contributed by atoms with Crippen LogP contribution in [0, 0.1) is 0 Å². The van der Waals surface area contributed by atoms with Gasteiger partial charge in [-0.25, -0.2) is 4.98 Å². The molecule has 0 unspecified atom stereocenters. The average molecular weight is 509 g/mol. The maximum Gasteiger partial charge on any atom is 0.231 e. The Morgan fingerprint density at radius 3 is 2.73 bits per heavy atom. The molecule has 0 radical (unpaired) electrons. The van der Waals surface area contributed by atoms with Gasteiger partial charge >= 0.3 is 0 Å². The first-order valence-electron chi connectivity index (χ1n) is 11.6. The molecule has 5 aromatic rings. The van der Waals surface area contributed by atoms with Crippen molar-refractivity contribution in [2.75, 3.05) is 22.3 Å². The van der Waals surface area contributed by atoms with Crippen molar-refractivity contribution in [3.63, 3.8) is 0 Å². The molecule has 0 saturated heterocycles. The summed E-state index contributed by atoms with van der Waals surface area (Å²) in [6.45, 7) is 1.65. The SMILES string of the molecule is CC(=O)Nc1ccc(N2N=C(c3cccc4c3OCO4)NN2c2nc3c(ccc4ccccc43)s2)cc1. The van der Waals surface area contributed by atoms with Crippen LogP contribution in [0.2, 0.25) is 0 Å². The molecule has 7 rings (SSSR count). The van der Waals surface area contributed by atoms with Crippen molar-refractivity contribution in [2.24, 2.45) is 5.10 Å². The van der Waals surface area contributed by atoms with Crippen molar-refractivity contribution in [1.82, 2.24) is 10.4 Å². The molecule has 3 heterocycles. The molecular formula is C27H20N6O3S. The number of ether oxygens (including phenoxy) is 2. The third kappa shape index (κ3) is 3.66. The average Bonchev–Trinajstić information content (AvgIpc) is 3.66. The monoisotopic (exact) mass is 508 g/mol. The van der Waals surface area contributed by atoms with E-state index in [9.17, 15) is 4.79 Å². The number of rotatable bonds is 4. The largest absolute Gasteiger partial charge is 0.454 e. The molecule has 1 amide bonds. The van der Waals surface area contributed by atoms with E-state index < -0.39 is 0 Å². The van der Waals surface area contributed by atoms with E-state index in [0.29, 0.717) is 23.0 Å². The zero-order valence-electron chi connectivity index (χ0n) is 19.6. The number of aromatic nitrogens is 1. The van der Waals surface area contributed by atoms with Gasteiger partial charge in [0.25, 0.3) is 0 Å². The van der Waals surface area contributed by atoms with Gasteiger partial charge in [0.2, 0.25) is 17.8 Å². The van der Waals surface area contributed by atoms with Crippen LogP contribution in [0.15, 0.2) is 84.0 Å². The van der Waals surface area contributed by atoms with Crippen LogP contribution in [-0.4, -0.2) is 23.5 Å². The zero-order chi connectivity index (χ0) is 24.9. The highest BCUT2D eigenvalue weighted by Gasteiger charge is 2.32. The number of nitrogens with zero attached hydrogens (tertiary/aromatic N) is 4. The molecule has 0 spiro atoms. The summed E-state index contributed by atoms with van der Waals surface area (Å²) < 4.78 is 12.4. The van der Waals surface area contributed by atoms with Crippen molar-refractivity contribution in [3.8, 4) is 11.5 Å². The molecule has 9 nitrogen and oxygen atoms in total. The Hall–Kier alpha value is -4.83. The van der Waals surface area contributed by atoms with Gasteiger partial charge in [0.15, 0.2) is 17.3 Å². The van der Waals surface area contributed by atoms with Gasteiger partial charge in [-0.1, -0.05) is 47.7 Å². The molecule has 2 N–H and O–H groups in total. The Bertz CT molecular complexity index is 1720. The van der Waals surface area contributed by atoms with E-state index in [0.717, 1.165) is 37.4 Å². The number of fused-ring (bicyclic) bond motifs is 4. The van der Waals surface area contributed by atoms with Crippen LogP contribution in [0.25, 0.3) is 21.0 Å². The predicted octanol–water partition coefficient (Wildman–Crippen LogP) is 5.24.